The highest BCUT2D eigenvalue weighted by atomic mass is 16.5. The summed E-state index contributed by atoms with van der Waals surface area (Å²) in [5.41, 5.74) is 6.14. The minimum Gasteiger partial charge on any atom is -0.494 e. The predicted octanol–water partition coefficient (Wildman–Crippen LogP) is 4.10. The van der Waals surface area contributed by atoms with Crippen molar-refractivity contribution in [2.75, 3.05) is 6.61 Å². The van der Waals surface area contributed by atoms with Crippen LogP contribution in [0.3, 0.4) is 0 Å². The van der Waals surface area contributed by atoms with Gasteiger partial charge in [-0.25, -0.2) is 0 Å². The smallest absolute Gasteiger partial charge is 0.122 e. The Kier molecular flexibility index (Phi) is 7.71. The first-order chi connectivity index (χ1) is 9.24. The van der Waals surface area contributed by atoms with Crippen LogP contribution < -0.4 is 10.5 Å². The Morgan fingerprint density at radius 3 is 2.16 bits per heavy atom. The van der Waals surface area contributed by atoms with Gasteiger partial charge in [0, 0.05) is 5.56 Å². The van der Waals surface area contributed by atoms with E-state index in [-0.39, 0.29) is 5.84 Å². The Hall–Kier alpha value is -1.51. The molecular weight excluding hydrogens is 236 g/mol. The van der Waals surface area contributed by atoms with Crippen molar-refractivity contribution in [1.29, 1.82) is 5.41 Å². The summed E-state index contributed by atoms with van der Waals surface area (Å²) in [6, 6.07) is 7.39. The van der Waals surface area contributed by atoms with Crippen molar-refractivity contribution in [3.05, 3.63) is 29.8 Å². The van der Waals surface area contributed by atoms with E-state index in [1.807, 2.05) is 24.3 Å². The molecule has 0 aliphatic heterocycles. The Labute approximate surface area is 116 Å². The van der Waals surface area contributed by atoms with Gasteiger partial charge in [0.25, 0.3) is 0 Å². The molecule has 1 aromatic rings. The normalized spacial score (nSPS) is 10.4. The SMILES string of the molecule is CCCCCCCCCOc1ccc(C(=N)N)cc1. The summed E-state index contributed by atoms with van der Waals surface area (Å²) >= 11 is 0. The van der Waals surface area contributed by atoms with Crippen molar-refractivity contribution in [2.24, 2.45) is 5.73 Å². The van der Waals surface area contributed by atoms with Gasteiger partial charge in [0.05, 0.1) is 6.61 Å². The number of nitrogens with one attached hydrogen (secondary N) is 1. The molecule has 0 saturated carbocycles. The summed E-state index contributed by atoms with van der Waals surface area (Å²) in [7, 11) is 0. The average molecular weight is 262 g/mol. The largest absolute Gasteiger partial charge is 0.494 e. The standard InChI is InChI=1S/C16H26N2O/c1-2-3-4-5-6-7-8-13-19-15-11-9-14(10-12-15)16(17)18/h9-12H,2-8,13H2,1H3,(H3,17,18). The van der Waals surface area contributed by atoms with Gasteiger partial charge < -0.3 is 10.5 Å². The van der Waals surface area contributed by atoms with Gasteiger partial charge in [-0.3, -0.25) is 5.41 Å². The van der Waals surface area contributed by atoms with Crippen LogP contribution in [0.25, 0.3) is 0 Å². The fraction of sp³-hybridized carbons (Fsp3) is 0.562. The molecule has 0 aliphatic rings. The first-order valence-corrected chi connectivity index (χ1v) is 7.31. The third-order valence-corrected chi connectivity index (χ3v) is 3.18. The lowest BCUT2D eigenvalue weighted by Gasteiger charge is -2.07. The van der Waals surface area contributed by atoms with E-state index in [0.29, 0.717) is 0 Å². The van der Waals surface area contributed by atoms with Gasteiger partial charge in [0.15, 0.2) is 0 Å². The molecule has 3 N–H and O–H groups in total. The lowest BCUT2D eigenvalue weighted by molar-refractivity contribution is 0.304. The highest BCUT2D eigenvalue weighted by molar-refractivity contribution is 5.94. The highest BCUT2D eigenvalue weighted by Gasteiger charge is 1.97. The molecule has 0 aliphatic carbocycles. The maximum atomic E-state index is 7.30. The van der Waals surface area contributed by atoms with Crippen LogP contribution in [0.2, 0.25) is 0 Å². The van der Waals surface area contributed by atoms with Crippen molar-refractivity contribution in [3.63, 3.8) is 0 Å². The number of rotatable bonds is 10. The Morgan fingerprint density at radius 2 is 1.58 bits per heavy atom. The van der Waals surface area contributed by atoms with Gasteiger partial charge in [-0.05, 0) is 30.7 Å². The van der Waals surface area contributed by atoms with E-state index in [0.717, 1.165) is 24.3 Å². The number of ether oxygens (including phenoxy) is 1. The van der Waals surface area contributed by atoms with Gasteiger partial charge in [0.1, 0.15) is 11.6 Å². The Balaban J connectivity index is 2.07. The van der Waals surface area contributed by atoms with Crippen LogP contribution >= 0.6 is 0 Å². The van der Waals surface area contributed by atoms with Crippen LogP contribution in [0, 0.1) is 5.41 Å². The van der Waals surface area contributed by atoms with Crippen molar-refractivity contribution >= 4 is 5.84 Å². The molecule has 0 unspecified atom stereocenters. The zero-order valence-electron chi connectivity index (χ0n) is 12.0. The Bertz CT molecular complexity index is 360. The molecule has 3 nitrogen and oxygen atoms in total. The summed E-state index contributed by atoms with van der Waals surface area (Å²) in [6.07, 6.45) is 9.05. The van der Waals surface area contributed by atoms with E-state index < -0.39 is 0 Å². The van der Waals surface area contributed by atoms with Crippen LogP contribution in [-0.4, -0.2) is 12.4 Å². The van der Waals surface area contributed by atoms with Crippen LogP contribution in [0.4, 0.5) is 0 Å². The molecule has 0 atom stereocenters. The quantitative estimate of drug-likeness (QED) is 0.379. The van der Waals surface area contributed by atoms with Crippen LogP contribution in [-0.2, 0) is 0 Å². The second kappa shape index (κ2) is 9.42. The van der Waals surface area contributed by atoms with Crippen molar-refractivity contribution < 1.29 is 4.74 Å². The van der Waals surface area contributed by atoms with E-state index in [1.165, 1.54) is 38.5 Å². The molecule has 0 saturated heterocycles. The number of nitrogen functional groups attached to an aromatic ring is 1. The van der Waals surface area contributed by atoms with Crippen LogP contribution in [0.5, 0.6) is 5.75 Å². The number of hydrogen-bond acceptors (Lipinski definition) is 2. The van der Waals surface area contributed by atoms with E-state index >= 15 is 0 Å². The Morgan fingerprint density at radius 1 is 1.00 bits per heavy atom. The van der Waals surface area contributed by atoms with Crippen LogP contribution in [0.1, 0.15) is 57.4 Å². The van der Waals surface area contributed by atoms with E-state index in [2.05, 4.69) is 6.92 Å². The molecule has 0 heterocycles. The number of amidine groups is 1. The summed E-state index contributed by atoms with van der Waals surface area (Å²) in [6.45, 7) is 3.01. The summed E-state index contributed by atoms with van der Waals surface area (Å²) in [4.78, 5) is 0. The zero-order chi connectivity index (χ0) is 13.9. The third kappa shape index (κ3) is 6.85. The maximum absolute atomic E-state index is 7.30. The van der Waals surface area contributed by atoms with Gasteiger partial charge >= 0.3 is 0 Å². The van der Waals surface area contributed by atoms with E-state index in [9.17, 15) is 0 Å². The number of benzene rings is 1. The summed E-state index contributed by atoms with van der Waals surface area (Å²) < 4.78 is 5.66. The number of hydrogen-bond donors (Lipinski definition) is 2. The minimum atomic E-state index is 0.0960. The van der Waals surface area contributed by atoms with Gasteiger partial charge in [-0.15, -0.1) is 0 Å². The predicted molar refractivity (Wildman–Crippen MR) is 80.9 cm³/mol. The monoisotopic (exact) mass is 262 g/mol. The molecular formula is C16H26N2O. The highest BCUT2D eigenvalue weighted by Crippen LogP contribution is 2.13. The molecule has 0 radical (unpaired) electrons. The lowest BCUT2D eigenvalue weighted by Crippen LogP contribution is -2.10. The number of unbranched alkanes of at least 4 members (excludes halogenated alkanes) is 6. The van der Waals surface area contributed by atoms with Gasteiger partial charge in [-0.2, -0.15) is 0 Å². The first-order valence-electron chi connectivity index (χ1n) is 7.31. The molecule has 3 heteroatoms. The summed E-state index contributed by atoms with van der Waals surface area (Å²) in [5, 5.41) is 7.30. The van der Waals surface area contributed by atoms with Crippen molar-refractivity contribution in [1.82, 2.24) is 0 Å². The van der Waals surface area contributed by atoms with Crippen molar-refractivity contribution in [2.45, 2.75) is 51.9 Å². The third-order valence-electron chi connectivity index (χ3n) is 3.18. The fourth-order valence-electron chi connectivity index (χ4n) is 1.98. The van der Waals surface area contributed by atoms with Crippen molar-refractivity contribution in [3.8, 4) is 5.75 Å². The first kappa shape index (κ1) is 15.5. The lowest BCUT2D eigenvalue weighted by atomic mass is 10.1. The average Bonchev–Trinajstić information content (AvgIpc) is 2.42. The molecule has 1 rings (SSSR count). The number of nitrogens with two attached hydrogens (primary N) is 1. The van der Waals surface area contributed by atoms with Crippen LogP contribution in [0.15, 0.2) is 24.3 Å². The fourth-order valence-corrected chi connectivity index (χ4v) is 1.98. The maximum Gasteiger partial charge on any atom is 0.122 e. The zero-order valence-corrected chi connectivity index (χ0v) is 12.0. The molecule has 0 fully saturated rings. The van der Waals surface area contributed by atoms with Gasteiger partial charge in [-0.1, -0.05) is 45.4 Å². The molecule has 106 valence electrons. The summed E-state index contributed by atoms with van der Waals surface area (Å²) in [5.74, 6) is 0.953. The topological polar surface area (TPSA) is 59.1 Å². The van der Waals surface area contributed by atoms with Gasteiger partial charge in [0.2, 0.25) is 0 Å². The van der Waals surface area contributed by atoms with E-state index in [1.54, 1.807) is 0 Å². The van der Waals surface area contributed by atoms with E-state index in [4.69, 9.17) is 15.9 Å². The molecule has 0 amide bonds. The molecule has 0 spiro atoms. The molecule has 0 aromatic heterocycles. The second-order valence-corrected chi connectivity index (χ2v) is 4.91. The molecule has 1 aromatic carbocycles. The minimum absolute atomic E-state index is 0.0960. The second-order valence-electron chi connectivity index (χ2n) is 4.91. The molecule has 0 bridgehead atoms. The molecule has 19 heavy (non-hydrogen) atoms.